The third kappa shape index (κ3) is 17.0. The quantitative estimate of drug-likeness (QED) is 0.146. The Bertz CT molecular complexity index is 2190. The highest BCUT2D eigenvalue weighted by Crippen LogP contribution is 2.47. The highest BCUT2D eigenvalue weighted by molar-refractivity contribution is 6.75. The van der Waals surface area contributed by atoms with Crippen molar-refractivity contribution >= 4 is 44.8 Å². The van der Waals surface area contributed by atoms with E-state index in [-0.39, 0.29) is 99.1 Å². The fourth-order valence-corrected chi connectivity index (χ4v) is 16.8. The number of fused-ring (bicyclic) bond motifs is 2. The number of methoxy groups -OCH3 is 1. The summed E-state index contributed by atoms with van der Waals surface area (Å²) >= 11 is 0. The van der Waals surface area contributed by atoms with Crippen LogP contribution in [-0.4, -0.2) is 155 Å². The van der Waals surface area contributed by atoms with Gasteiger partial charge in [0.2, 0.25) is 0 Å². The highest BCUT2D eigenvalue weighted by Gasteiger charge is 2.56. The number of ether oxygens (including phenoxy) is 6. The molecule has 466 valence electrons. The molecule has 8 aliphatic rings. The molecule has 17 heteroatoms. The minimum atomic E-state index is -2.58. The van der Waals surface area contributed by atoms with Crippen molar-refractivity contribution < 1.29 is 60.8 Å². The van der Waals surface area contributed by atoms with Gasteiger partial charge in [-0.15, -0.1) is 0 Å². The Morgan fingerprint density at radius 2 is 1.21 bits per heavy atom. The van der Waals surface area contributed by atoms with E-state index in [0.717, 1.165) is 30.4 Å². The largest absolute Gasteiger partial charge is 0.414 e. The Morgan fingerprint density at radius 1 is 0.630 bits per heavy atom. The zero-order chi connectivity index (χ0) is 60.8. The van der Waals surface area contributed by atoms with Crippen LogP contribution in [0.2, 0.25) is 72.5 Å². The van der Waals surface area contributed by atoms with Crippen molar-refractivity contribution in [2.75, 3.05) is 13.7 Å². The van der Waals surface area contributed by atoms with Crippen LogP contribution in [0.15, 0.2) is 36.5 Å². The van der Waals surface area contributed by atoms with Crippen molar-refractivity contribution in [3.8, 4) is 0 Å². The molecule has 0 aromatic carbocycles. The fraction of sp³-hybridized carbons (Fsp3) is 0.875. The first kappa shape index (κ1) is 69.1. The van der Waals surface area contributed by atoms with Crippen molar-refractivity contribution in [2.24, 2.45) is 11.8 Å². The zero-order valence-corrected chi connectivity index (χ0v) is 58.9. The average molecular weight is 1210 g/mol. The van der Waals surface area contributed by atoms with E-state index < -0.39 is 82.1 Å². The lowest BCUT2D eigenvalue weighted by molar-refractivity contribution is -0.269. The number of allylic oxidation sites excluding steroid dienone is 1. The van der Waals surface area contributed by atoms with Crippen LogP contribution >= 0.6 is 0 Å². The molecule has 0 radical (unpaired) electrons. The van der Waals surface area contributed by atoms with Gasteiger partial charge in [0.15, 0.2) is 39.1 Å². The molecule has 5 fully saturated rings. The summed E-state index contributed by atoms with van der Waals surface area (Å²) in [7, 11) is -7.79. The van der Waals surface area contributed by atoms with Crippen LogP contribution in [0.3, 0.4) is 0 Å². The summed E-state index contributed by atoms with van der Waals surface area (Å²) in [5.41, 5.74) is 2.10. The SMILES string of the molecule is C=C1C(C)CC2CC[C@@H]3OC(CCC(=O)/C=C/C(O[Si](C)(C)C(C)(C)C)C4O[C@H]5CC[C@H](CC(=O)CC6C(CC1O2)OC(CC(CO[Si](C)(C)C(C)(C)C)O[Si](C)(C)C(C)(C)C)[C@@H]6OC)OC5[C@H](O)C4O[Si](C)(C)C(C)(C)C)CC3=C. The van der Waals surface area contributed by atoms with Gasteiger partial charge in [-0.1, -0.05) is 109 Å². The van der Waals surface area contributed by atoms with Crippen LogP contribution in [0.4, 0.5) is 0 Å². The summed E-state index contributed by atoms with van der Waals surface area (Å²) in [4.78, 5) is 28.9. The molecule has 8 aliphatic heterocycles. The van der Waals surface area contributed by atoms with Crippen molar-refractivity contribution in [2.45, 2.75) is 331 Å². The lowest BCUT2D eigenvalue weighted by Gasteiger charge is -2.53. The lowest BCUT2D eigenvalue weighted by atomic mass is 9.81. The van der Waals surface area contributed by atoms with Gasteiger partial charge in [0.1, 0.15) is 30.2 Å². The zero-order valence-electron chi connectivity index (χ0n) is 54.9. The van der Waals surface area contributed by atoms with E-state index in [2.05, 4.69) is 156 Å². The van der Waals surface area contributed by atoms with E-state index in [9.17, 15) is 14.7 Å². The third-order valence-electron chi connectivity index (χ3n) is 21.3. The molecule has 8 heterocycles. The minimum Gasteiger partial charge on any atom is -0.414 e. The Kier molecular flexibility index (Phi) is 22.5. The molecule has 0 spiro atoms. The van der Waals surface area contributed by atoms with Gasteiger partial charge in [-0.2, -0.15) is 0 Å². The number of hydrogen-bond donors (Lipinski definition) is 1. The van der Waals surface area contributed by atoms with E-state index in [1.54, 1.807) is 13.2 Å². The molecule has 0 aliphatic carbocycles. The van der Waals surface area contributed by atoms with Crippen LogP contribution < -0.4 is 0 Å². The van der Waals surface area contributed by atoms with Gasteiger partial charge in [-0.3, -0.25) is 9.59 Å². The number of hydrogen-bond acceptors (Lipinski definition) is 13. The molecule has 8 rings (SSSR count). The van der Waals surface area contributed by atoms with Gasteiger partial charge in [-0.25, -0.2) is 0 Å². The topological polar surface area (TPSA) is 147 Å². The van der Waals surface area contributed by atoms with Gasteiger partial charge in [-0.05, 0) is 141 Å². The summed E-state index contributed by atoms with van der Waals surface area (Å²) in [5.74, 6) is -0.0473. The Hall–Kier alpha value is -1.01. The van der Waals surface area contributed by atoms with Crippen molar-refractivity contribution in [3.05, 3.63) is 36.5 Å². The maximum atomic E-state index is 15.0. The summed E-state index contributed by atoms with van der Waals surface area (Å²) < 4.78 is 70.4. The number of Topliss-reactive ketones (excluding diaryl/α,β-unsaturated/α-hetero) is 1. The molecular weight excluding hydrogens is 1090 g/mol. The smallest absolute Gasteiger partial charge is 0.193 e. The van der Waals surface area contributed by atoms with Crippen LogP contribution in [-0.2, 0) is 55.7 Å². The molecule has 1 N–H and O–H groups in total. The van der Waals surface area contributed by atoms with E-state index in [4.69, 9.17) is 46.1 Å². The monoisotopic (exact) mass is 1200 g/mol. The fourth-order valence-electron chi connectivity index (χ4n) is 11.8. The number of aliphatic hydroxyl groups excluding tert-OH is 1. The van der Waals surface area contributed by atoms with Gasteiger partial charge in [0.25, 0.3) is 0 Å². The Labute approximate surface area is 496 Å². The summed E-state index contributed by atoms with van der Waals surface area (Å²) in [6.07, 6.45) is 3.07. The standard InChI is InChI=1S/C64H116O13Si4/c1-40-33-46-28-31-50-41(2)34-45(70-50)27-25-43(65)26-30-52(76-80(21,22)63(10,11)12)59-60(77-81(23,24)64(13,14)15)56(67)58-51(74-59)32-29-47(72-58)35-44(66)36-49-54(38-53(71-46)42(40)3)73-55(57(49)68-16)37-48(75-79(19,20)62(7,8)9)39-69-78(17,18)61(4,5)6/h26,30,40,45-60,67H,2-3,25,27-29,31-39H2,1,4-24H3/b30-26+/t40?,45?,46?,47-,48?,49?,50+,51+,52?,53?,54?,55?,56+,57-,58?,59?,60?/m1/s1. The molecular formula is C64H116O13Si4. The molecule has 0 aromatic rings. The van der Waals surface area contributed by atoms with E-state index in [1.807, 2.05) is 6.08 Å². The van der Waals surface area contributed by atoms with Gasteiger partial charge >= 0.3 is 0 Å². The Morgan fingerprint density at radius 3 is 1.81 bits per heavy atom. The second-order valence-electron chi connectivity index (χ2n) is 31.7. The first-order valence-corrected chi connectivity index (χ1v) is 42.9. The van der Waals surface area contributed by atoms with E-state index in [0.29, 0.717) is 51.6 Å². The number of rotatable bonds is 12. The van der Waals surface area contributed by atoms with Crippen molar-refractivity contribution in [1.29, 1.82) is 0 Å². The molecule has 12 unspecified atom stereocenters. The summed E-state index contributed by atoms with van der Waals surface area (Å²) in [6, 6.07) is 0. The predicted octanol–water partition coefficient (Wildman–Crippen LogP) is 14.1. The molecule has 81 heavy (non-hydrogen) atoms. The second-order valence-corrected chi connectivity index (χ2v) is 50.8. The van der Waals surface area contributed by atoms with Crippen molar-refractivity contribution in [1.82, 2.24) is 0 Å². The van der Waals surface area contributed by atoms with Gasteiger partial charge in [0, 0.05) is 45.1 Å². The minimum absolute atomic E-state index is 0.0177. The third-order valence-corrected chi connectivity index (χ3v) is 39.3. The maximum Gasteiger partial charge on any atom is 0.193 e. The number of carbonyl (C=O) groups excluding carboxylic acids is 2. The Balaban J connectivity index is 1.37. The normalized spacial score (nSPS) is 36.0. The summed E-state index contributed by atoms with van der Waals surface area (Å²) in [6.45, 7) is 56.5. The molecule has 5 saturated heterocycles. The molecule has 0 aromatic heterocycles. The van der Waals surface area contributed by atoms with Gasteiger partial charge < -0.3 is 51.2 Å². The van der Waals surface area contributed by atoms with E-state index in [1.165, 1.54) is 0 Å². The molecule has 13 nitrogen and oxygen atoms in total. The second kappa shape index (κ2) is 26.4. The highest BCUT2D eigenvalue weighted by atomic mass is 28.4. The number of aliphatic hydroxyl groups is 1. The van der Waals surface area contributed by atoms with Crippen LogP contribution in [0.1, 0.15) is 167 Å². The molecule has 0 saturated carbocycles. The average Bonchev–Trinajstić information content (AvgIpc) is 4.01. The van der Waals surface area contributed by atoms with E-state index >= 15 is 0 Å². The number of carbonyl (C=O) groups is 2. The maximum absolute atomic E-state index is 15.0. The predicted molar refractivity (Wildman–Crippen MR) is 335 cm³/mol. The first-order chi connectivity index (χ1) is 37.0. The first-order valence-electron chi connectivity index (χ1n) is 31.3. The van der Waals surface area contributed by atoms with Gasteiger partial charge in [0.05, 0.1) is 73.8 Å². The lowest BCUT2D eigenvalue weighted by Crippen LogP contribution is -2.67. The van der Waals surface area contributed by atoms with Crippen molar-refractivity contribution in [3.63, 3.8) is 0 Å². The van der Waals surface area contributed by atoms with Crippen LogP contribution in [0.5, 0.6) is 0 Å². The number of ketones is 2. The van der Waals surface area contributed by atoms with Crippen LogP contribution in [0, 0.1) is 11.8 Å². The van der Waals surface area contributed by atoms with Crippen LogP contribution in [0.25, 0.3) is 0 Å². The molecule has 17 atom stereocenters. The molecule has 0 amide bonds. The summed E-state index contributed by atoms with van der Waals surface area (Å²) in [5, 5.41) is 12.5. The molecule has 8 bridgehead atoms.